The van der Waals surface area contributed by atoms with Gasteiger partial charge >= 0.3 is 0 Å². The Morgan fingerprint density at radius 2 is 2.08 bits per heavy atom. The van der Waals surface area contributed by atoms with E-state index in [-0.39, 0.29) is 11.9 Å². The first-order chi connectivity index (χ1) is 11.7. The van der Waals surface area contributed by atoms with Gasteiger partial charge in [-0.15, -0.1) is 11.3 Å². The minimum absolute atomic E-state index is 0.0561. The molecule has 24 heavy (non-hydrogen) atoms. The molecule has 2 aliphatic rings. The molecule has 1 fully saturated rings. The van der Waals surface area contributed by atoms with Crippen LogP contribution >= 0.6 is 11.3 Å². The van der Waals surface area contributed by atoms with E-state index in [4.69, 9.17) is 4.52 Å². The van der Waals surface area contributed by atoms with Crippen molar-refractivity contribution in [2.24, 2.45) is 0 Å². The number of aromatic nitrogens is 1. The van der Waals surface area contributed by atoms with E-state index in [1.807, 2.05) is 0 Å². The fourth-order valence-electron chi connectivity index (χ4n) is 4.20. The number of amides is 1. The van der Waals surface area contributed by atoms with Gasteiger partial charge in [-0.2, -0.15) is 0 Å². The summed E-state index contributed by atoms with van der Waals surface area (Å²) in [5.41, 5.74) is 2.68. The number of aryl methyl sites for hydroxylation is 1. The monoisotopic (exact) mass is 344 g/mol. The molecule has 0 spiro atoms. The van der Waals surface area contributed by atoms with Crippen LogP contribution < -0.4 is 0 Å². The second-order valence-corrected chi connectivity index (χ2v) is 8.19. The summed E-state index contributed by atoms with van der Waals surface area (Å²) in [6.45, 7) is 4.21. The van der Waals surface area contributed by atoms with Gasteiger partial charge in [0.05, 0.1) is 0 Å². The molecule has 1 amide bonds. The zero-order valence-electron chi connectivity index (χ0n) is 14.4. The van der Waals surface area contributed by atoms with Gasteiger partial charge in [0.25, 0.3) is 5.91 Å². The summed E-state index contributed by atoms with van der Waals surface area (Å²) >= 11 is 1.76. The van der Waals surface area contributed by atoms with Crippen LogP contribution in [-0.2, 0) is 12.8 Å². The molecule has 0 bridgehead atoms. The van der Waals surface area contributed by atoms with Gasteiger partial charge in [-0.1, -0.05) is 24.4 Å². The summed E-state index contributed by atoms with van der Waals surface area (Å²) in [4.78, 5) is 16.7. The lowest BCUT2D eigenvalue weighted by Crippen LogP contribution is -2.46. The van der Waals surface area contributed by atoms with Crippen LogP contribution in [0, 0.1) is 0 Å². The molecule has 0 N–H and O–H groups in total. The van der Waals surface area contributed by atoms with E-state index in [0.717, 1.165) is 42.6 Å². The largest absolute Gasteiger partial charge is 0.355 e. The van der Waals surface area contributed by atoms with E-state index >= 15 is 0 Å². The number of carbonyl (C=O) groups excluding carboxylic acids is 1. The molecule has 4 rings (SSSR count). The molecular formula is C19H24N2O2S. The van der Waals surface area contributed by atoms with E-state index in [1.54, 1.807) is 11.3 Å². The van der Waals surface area contributed by atoms with Crippen molar-refractivity contribution in [1.82, 2.24) is 10.1 Å². The Balaban J connectivity index is 1.67. The Labute approximate surface area is 146 Å². The van der Waals surface area contributed by atoms with Crippen LogP contribution in [0.5, 0.6) is 0 Å². The van der Waals surface area contributed by atoms with E-state index in [2.05, 4.69) is 35.4 Å². The lowest BCUT2D eigenvalue weighted by molar-refractivity contribution is 0.0544. The van der Waals surface area contributed by atoms with Gasteiger partial charge in [-0.05, 0) is 51.0 Å². The zero-order chi connectivity index (χ0) is 16.7. The Morgan fingerprint density at radius 1 is 1.29 bits per heavy atom. The van der Waals surface area contributed by atoms with Crippen LogP contribution in [0.3, 0.4) is 0 Å². The summed E-state index contributed by atoms with van der Waals surface area (Å²) < 4.78 is 5.62. The fraction of sp³-hybridized carbons (Fsp3) is 0.579. The Kier molecular flexibility index (Phi) is 4.21. The van der Waals surface area contributed by atoms with Crippen LogP contribution in [0.25, 0.3) is 11.3 Å². The van der Waals surface area contributed by atoms with E-state index in [0.29, 0.717) is 11.7 Å². The Morgan fingerprint density at radius 3 is 2.83 bits per heavy atom. The van der Waals surface area contributed by atoms with Crippen LogP contribution in [0.1, 0.15) is 66.9 Å². The van der Waals surface area contributed by atoms with Gasteiger partial charge in [0.1, 0.15) is 0 Å². The highest BCUT2D eigenvalue weighted by molar-refractivity contribution is 7.10. The molecule has 128 valence electrons. The van der Waals surface area contributed by atoms with Crippen molar-refractivity contribution in [2.75, 3.05) is 0 Å². The third kappa shape index (κ3) is 2.59. The van der Waals surface area contributed by atoms with Gasteiger partial charge in [0.2, 0.25) is 0 Å². The van der Waals surface area contributed by atoms with Crippen molar-refractivity contribution in [3.05, 3.63) is 27.6 Å². The van der Waals surface area contributed by atoms with E-state index < -0.39 is 0 Å². The highest BCUT2D eigenvalue weighted by atomic mass is 32.1. The quantitative estimate of drug-likeness (QED) is 0.812. The maximum atomic E-state index is 13.3. The summed E-state index contributed by atoms with van der Waals surface area (Å²) in [5.74, 6) is 0.869. The second-order valence-electron chi connectivity index (χ2n) is 7.19. The topological polar surface area (TPSA) is 46.3 Å². The van der Waals surface area contributed by atoms with Crippen molar-refractivity contribution >= 4 is 17.2 Å². The van der Waals surface area contributed by atoms with E-state index in [9.17, 15) is 4.79 Å². The molecule has 2 aliphatic carbocycles. The summed E-state index contributed by atoms with van der Waals surface area (Å²) in [6.07, 6.45) is 7.78. The van der Waals surface area contributed by atoms with Gasteiger partial charge in [0, 0.05) is 28.1 Å². The lowest BCUT2D eigenvalue weighted by Gasteiger charge is -2.37. The number of hydrogen-bond acceptors (Lipinski definition) is 4. The van der Waals surface area contributed by atoms with Crippen molar-refractivity contribution in [2.45, 2.75) is 70.9 Å². The highest BCUT2D eigenvalue weighted by Crippen LogP contribution is 2.38. The average molecular weight is 344 g/mol. The van der Waals surface area contributed by atoms with E-state index in [1.165, 1.54) is 24.1 Å². The zero-order valence-corrected chi connectivity index (χ0v) is 15.2. The lowest BCUT2D eigenvalue weighted by atomic mass is 9.92. The minimum atomic E-state index is 0.0561. The molecule has 0 aliphatic heterocycles. The predicted octanol–water partition coefficient (Wildman–Crippen LogP) is 4.69. The van der Waals surface area contributed by atoms with Gasteiger partial charge in [0.15, 0.2) is 11.5 Å². The highest BCUT2D eigenvalue weighted by Gasteiger charge is 2.34. The molecule has 0 radical (unpaired) electrons. The van der Waals surface area contributed by atoms with Gasteiger partial charge < -0.3 is 9.42 Å². The average Bonchev–Trinajstić information content (AvgIpc) is 3.21. The normalized spacial score (nSPS) is 17.6. The first-order valence-corrected chi connectivity index (χ1v) is 9.92. The Bertz CT molecular complexity index is 740. The molecule has 0 aromatic carbocycles. The number of thiophene rings is 1. The van der Waals surface area contributed by atoms with Crippen LogP contribution in [0.15, 0.2) is 16.0 Å². The molecule has 2 aromatic rings. The maximum Gasteiger partial charge on any atom is 0.276 e. The first-order valence-electron chi connectivity index (χ1n) is 9.04. The number of hydrogen-bond donors (Lipinski definition) is 0. The molecule has 0 unspecified atom stereocenters. The van der Waals surface area contributed by atoms with Crippen LogP contribution in [-0.4, -0.2) is 28.0 Å². The van der Waals surface area contributed by atoms with Crippen molar-refractivity contribution < 1.29 is 9.32 Å². The van der Waals surface area contributed by atoms with Gasteiger partial charge in [-0.25, -0.2) is 0 Å². The molecule has 2 heterocycles. The van der Waals surface area contributed by atoms with Crippen molar-refractivity contribution in [3.8, 4) is 11.3 Å². The molecule has 0 saturated heterocycles. The Hall–Kier alpha value is -1.62. The molecule has 4 nitrogen and oxygen atoms in total. The van der Waals surface area contributed by atoms with Crippen molar-refractivity contribution in [1.29, 1.82) is 0 Å². The SMILES string of the molecule is CC(C)N(C(=O)c1noc2c1CCc1sccc1-2)C1CCCCC1. The smallest absolute Gasteiger partial charge is 0.276 e. The van der Waals surface area contributed by atoms with Crippen LogP contribution in [0.4, 0.5) is 0 Å². The third-order valence-electron chi connectivity index (χ3n) is 5.34. The number of fused-ring (bicyclic) bond motifs is 3. The molecular weight excluding hydrogens is 320 g/mol. The van der Waals surface area contributed by atoms with Gasteiger partial charge in [-0.3, -0.25) is 4.79 Å². The second kappa shape index (κ2) is 6.36. The molecule has 2 aromatic heterocycles. The third-order valence-corrected chi connectivity index (χ3v) is 6.32. The standard InChI is InChI=1S/C19H24N2O2S/c1-12(2)21(13-6-4-3-5-7-13)19(22)17-15-8-9-16-14(10-11-24-16)18(15)23-20-17/h10-13H,3-9H2,1-2H3. The first kappa shape index (κ1) is 15.9. The summed E-state index contributed by atoms with van der Waals surface area (Å²) in [7, 11) is 0. The fourth-order valence-corrected chi connectivity index (χ4v) is 5.08. The molecule has 1 saturated carbocycles. The van der Waals surface area contributed by atoms with Crippen molar-refractivity contribution in [3.63, 3.8) is 0 Å². The van der Waals surface area contributed by atoms with Crippen LogP contribution in [0.2, 0.25) is 0 Å². The minimum Gasteiger partial charge on any atom is -0.355 e. The summed E-state index contributed by atoms with van der Waals surface area (Å²) in [5, 5.41) is 6.30. The predicted molar refractivity (Wildman–Crippen MR) is 95.4 cm³/mol. The number of rotatable bonds is 3. The summed E-state index contributed by atoms with van der Waals surface area (Å²) in [6, 6.07) is 2.62. The number of carbonyl (C=O) groups is 1. The number of nitrogens with zero attached hydrogens (tertiary/aromatic N) is 2. The molecule has 5 heteroatoms. The molecule has 0 atom stereocenters. The maximum absolute atomic E-state index is 13.3.